The Morgan fingerprint density at radius 3 is 2.56 bits per heavy atom. The molecule has 3 heterocycles. The number of aromatic nitrogens is 1. The number of hydrogen-bond acceptors (Lipinski definition) is 3. The molecule has 5 rings (SSSR count). The molecule has 1 aliphatic carbocycles. The Hall–Kier alpha value is -2.31. The monoisotopic (exact) mass is 497 g/mol. The van der Waals surface area contributed by atoms with E-state index in [4.69, 9.17) is 11.6 Å². The topological polar surface area (TPSA) is 54.3 Å². The molecule has 2 aromatic heterocycles. The zero-order chi connectivity index (χ0) is 23.7. The van der Waals surface area contributed by atoms with Crippen LogP contribution in [0.25, 0.3) is 10.2 Å². The number of thiophene rings is 1. The van der Waals surface area contributed by atoms with Gasteiger partial charge in [-0.25, -0.2) is 0 Å². The van der Waals surface area contributed by atoms with E-state index < -0.39 is 5.54 Å². The molecule has 1 fully saturated rings. The van der Waals surface area contributed by atoms with Crippen LogP contribution in [0.4, 0.5) is 0 Å². The largest absolute Gasteiger partial charge is 0.351 e. The molecule has 0 bridgehead atoms. The second-order valence-corrected chi connectivity index (χ2v) is 11.3. The zero-order valence-corrected chi connectivity index (χ0v) is 21.3. The third-order valence-electron chi connectivity index (χ3n) is 7.52. The molecule has 180 valence electrons. The molecule has 2 amide bonds. The van der Waals surface area contributed by atoms with E-state index in [1.807, 2.05) is 53.3 Å². The lowest BCUT2D eigenvalue weighted by molar-refractivity contribution is -0.133. The van der Waals surface area contributed by atoms with Gasteiger partial charge in [0.25, 0.3) is 5.91 Å². The highest BCUT2D eigenvalue weighted by Crippen LogP contribution is 2.35. The maximum atomic E-state index is 13.9. The fraction of sp³-hybridized carbons (Fsp3) is 0.481. The van der Waals surface area contributed by atoms with E-state index in [1.54, 1.807) is 16.2 Å². The Labute approximate surface area is 210 Å². The van der Waals surface area contributed by atoms with Gasteiger partial charge in [-0.15, -0.1) is 11.3 Å². The lowest BCUT2D eigenvalue weighted by atomic mass is 9.91. The number of hydrogen-bond donors (Lipinski definition) is 1. The van der Waals surface area contributed by atoms with Gasteiger partial charge in [0.2, 0.25) is 5.91 Å². The summed E-state index contributed by atoms with van der Waals surface area (Å²) in [7, 11) is 0. The van der Waals surface area contributed by atoms with E-state index in [2.05, 4.69) is 5.32 Å². The first-order chi connectivity index (χ1) is 16.5. The van der Waals surface area contributed by atoms with Gasteiger partial charge in [0.1, 0.15) is 11.2 Å². The molecule has 0 spiro atoms. The smallest absolute Gasteiger partial charge is 0.271 e. The van der Waals surface area contributed by atoms with Crippen LogP contribution in [-0.2, 0) is 17.8 Å². The van der Waals surface area contributed by atoms with E-state index >= 15 is 0 Å². The van der Waals surface area contributed by atoms with Gasteiger partial charge in [0, 0.05) is 17.6 Å². The summed E-state index contributed by atoms with van der Waals surface area (Å²) in [4.78, 5) is 29.5. The van der Waals surface area contributed by atoms with Crippen molar-refractivity contribution < 1.29 is 9.59 Å². The molecule has 5 nitrogen and oxygen atoms in total. The average Bonchev–Trinajstić information content (AvgIpc) is 3.39. The first kappa shape index (κ1) is 23.4. The van der Waals surface area contributed by atoms with Crippen LogP contribution in [-0.4, -0.2) is 39.4 Å². The van der Waals surface area contributed by atoms with Crippen molar-refractivity contribution in [3.05, 3.63) is 58.1 Å². The minimum absolute atomic E-state index is 0.0368. The number of rotatable bonds is 5. The number of benzene rings is 1. The molecule has 1 saturated carbocycles. The van der Waals surface area contributed by atoms with Crippen molar-refractivity contribution in [3.63, 3.8) is 0 Å². The number of fused-ring (bicyclic) bond motifs is 3. The summed E-state index contributed by atoms with van der Waals surface area (Å²) >= 11 is 7.68. The van der Waals surface area contributed by atoms with Gasteiger partial charge in [-0.3, -0.25) is 9.59 Å². The van der Waals surface area contributed by atoms with Crippen LogP contribution in [0.1, 0.15) is 67.9 Å². The highest BCUT2D eigenvalue weighted by atomic mass is 35.5. The summed E-state index contributed by atoms with van der Waals surface area (Å²) in [6.07, 6.45) is 8.77. The minimum atomic E-state index is -0.952. The first-order valence-corrected chi connectivity index (χ1v) is 13.7. The summed E-state index contributed by atoms with van der Waals surface area (Å²) in [5.74, 6) is -0.107. The second kappa shape index (κ2) is 9.74. The molecule has 34 heavy (non-hydrogen) atoms. The van der Waals surface area contributed by atoms with Crippen LogP contribution < -0.4 is 5.32 Å². The van der Waals surface area contributed by atoms with Crippen molar-refractivity contribution in [1.82, 2.24) is 14.8 Å². The van der Waals surface area contributed by atoms with Crippen LogP contribution in [0.2, 0.25) is 5.02 Å². The quantitative estimate of drug-likeness (QED) is 0.467. The molecule has 1 aliphatic heterocycles. The number of carbonyl (C=O) groups is 2. The van der Waals surface area contributed by atoms with Crippen molar-refractivity contribution in [2.75, 3.05) is 6.54 Å². The molecular weight excluding hydrogens is 466 g/mol. The number of halogens is 1. The molecule has 1 N–H and O–H groups in total. The highest BCUT2D eigenvalue weighted by molar-refractivity contribution is 7.17. The molecule has 0 unspecified atom stereocenters. The molecule has 0 radical (unpaired) electrons. The molecular formula is C27H32ClN3O2S. The van der Waals surface area contributed by atoms with E-state index in [0.717, 1.165) is 41.5 Å². The maximum Gasteiger partial charge on any atom is 0.271 e. The van der Waals surface area contributed by atoms with Crippen molar-refractivity contribution in [2.45, 2.75) is 76.4 Å². The first-order valence-electron chi connectivity index (χ1n) is 12.4. The number of nitrogens with zero attached hydrogens (tertiary/aromatic N) is 2. The van der Waals surface area contributed by atoms with Gasteiger partial charge in [0.15, 0.2) is 0 Å². The van der Waals surface area contributed by atoms with Crippen molar-refractivity contribution >= 4 is 45.0 Å². The van der Waals surface area contributed by atoms with Gasteiger partial charge in [-0.05, 0) is 61.4 Å². The third-order valence-corrected chi connectivity index (χ3v) is 8.62. The molecule has 1 aromatic carbocycles. The Balaban J connectivity index is 1.44. The zero-order valence-electron chi connectivity index (χ0n) is 19.7. The van der Waals surface area contributed by atoms with Gasteiger partial charge < -0.3 is 14.8 Å². The second-order valence-electron chi connectivity index (χ2n) is 9.91. The molecule has 3 aromatic rings. The Bertz CT molecular complexity index is 1180. The van der Waals surface area contributed by atoms with E-state index in [0.29, 0.717) is 30.2 Å². The average molecular weight is 498 g/mol. The summed E-state index contributed by atoms with van der Waals surface area (Å²) in [5, 5.41) is 6.09. The van der Waals surface area contributed by atoms with Crippen molar-refractivity contribution in [1.29, 1.82) is 0 Å². The van der Waals surface area contributed by atoms with Gasteiger partial charge in [-0.1, -0.05) is 55.8 Å². The van der Waals surface area contributed by atoms with Crippen LogP contribution >= 0.6 is 22.9 Å². The highest BCUT2D eigenvalue weighted by Gasteiger charge is 2.48. The Morgan fingerprint density at radius 2 is 1.82 bits per heavy atom. The molecule has 2 aliphatic rings. The van der Waals surface area contributed by atoms with Crippen LogP contribution in [0, 0.1) is 0 Å². The predicted molar refractivity (Wildman–Crippen MR) is 139 cm³/mol. The third kappa shape index (κ3) is 4.50. The van der Waals surface area contributed by atoms with Gasteiger partial charge >= 0.3 is 0 Å². The standard InChI is InChI=1S/C27H32ClN3O2S/c1-27(26(33)29-21-7-5-3-2-4-6-8-21)18-30-22-14-16-34-24(22)17-23(30)25(32)31(27)15-13-19-9-11-20(28)12-10-19/h9-12,14,16-17,21H,2-8,13,15,18H2,1H3,(H,29,33)/t27-/m1/s1. The predicted octanol–water partition coefficient (Wildman–Crippen LogP) is 6.04. The number of amides is 2. The summed E-state index contributed by atoms with van der Waals surface area (Å²) < 4.78 is 3.13. The molecule has 1 atom stereocenters. The van der Waals surface area contributed by atoms with Crippen LogP contribution in [0.3, 0.4) is 0 Å². The lowest BCUT2D eigenvalue weighted by Crippen LogP contribution is -2.65. The van der Waals surface area contributed by atoms with Crippen LogP contribution in [0.15, 0.2) is 41.8 Å². The van der Waals surface area contributed by atoms with Crippen molar-refractivity contribution in [2.24, 2.45) is 0 Å². The summed E-state index contributed by atoms with van der Waals surface area (Å²) in [6.45, 7) is 2.88. The van der Waals surface area contributed by atoms with Gasteiger partial charge in [0.05, 0.1) is 16.8 Å². The maximum absolute atomic E-state index is 13.9. The Kier molecular flexibility index (Phi) is 6.72. The van der Waals surface area contributed by atoms with Crippen molar-refractivity contribution in [3.8, 4) is 0 Å². The lowest BCUT2D eigenvalue weighted by Gasteiger charge is -2.44. The van der Waals surface area contributed by atoms with E-state index in [-0.39, 0.29) is 17.9 Å². The summed E-state index contributed by atoms with van der Waals surface area (Å²) in [6, 6.07) is 11.9. The number of carbonyl (C=O) groups excluding carboxylic acids is 2. The fourth-order valence-electron chi connectivity index (χ4n) is 5.46. The Morgan fingerprint density at radius 1 is 1.12 bits per heavy atom. The minimum Gasteiger partial charge on any atom is -0.351 e. The van der Waals surface area contributed by atoms with Gasteiger partial charge in [-0.2, -0.15) is 0 Å². The number of nitrogens with one attached hydrogen (secondary N) is 1. The SMILES string of the molecule is C[C@]1(C(=O)NC2CCCCCCC2)Cn2c(cc3sccc32)C(=O)N1CCc1ccc(Cl)cc1. The normalized spacial score (nSPS) is 21.8. The van der Waals surface area contributed by atoms with Crippen LogP contribution in [0.5, 0.6) is 0 Å². The summed E-state index contributed by atoms with van der Waals surface area (Å²) in [5.41, 5.74) is 1.86. The molecule has 0 saturated heterocycles. The van der Waals surface area contributed by atoms with E-state index in [1.165, 1.54) is 19.3 Å². The fourth-order valence-corrected chi connectivity index (χ4v) is 6.40. The molecule has 7 heteroatoms. The van der Waals surface area contributed by atoms with E-state index in [9.17, 15) is 9.59 Å².